The Labute approximate surface area is 162 Å². The van der Waals surface area contributed by atoms with E-state index in [0.717, 1.165) is 6.54 Å². The Kier molecular flexibility index (Phi) is 7.92. The number of amides is 2. The van der Waals surface area contributed by atoms with Gasteiger partial charge >= 0.3 is 6.61 Å². The van der Waals surface area contributed by atoms with Crippen molar-refractivity contribution in [2.24, 2.45) is 5.92 Å². The third-order valence-corrected chi connectivity index (χ3v) is 5.00. The number of hydrogen-bond donors (Lipinski definition) is 2. The summed E-state index contributed by atoms with van der Waals surface area (Å²) in [7, 11) is 0. The number of benzene rings is 1. The van der Waals surface area contributed by atoms with Crippen LogP contribution in [0.3, 0.4) is 0 Å². The normalized spacial score (nSPS) is 10.9. The predicted octanol–water partition coefficient (Wildman–Crippen LogP) is 3.26. The van der Waals surface area contributed by atoms with E-state index in [0.29, 0.717) is 15.4 Å². The van der Waals surface area contributed by atoms with Crippen LogP contribution in [0.1, 0.15) is 24.2 Å². The summed E-state index contributed by atoms with van der Waals surface area (Å²) in [6.07, 6.45) is 0. The van der Waals surface area contributed by atoms with Gasteiger partial charge in [-0.1, -0.05) is 36.9 Å². The first-order valence-corrected chi connectivity index (χ1v) is 9.73. The smallest absolute Gasteiger partial charge is 0.387 e. The maximum absolute atomic E-state index is 12.1. The zero-order chi connectivity index (χ0) is 19.8. The third-order valence-electron chi connectivity index (χ3n) is 2.99. The van der Waals surface area contributed by atoms with Gasteiger partial charge in [0.05, 0.1) is 5.75 Å². The fourth-order valence-corrected chi connectivity index (χ4v) is 3.34. The molecule has 0 saturated carbocycles. The molecule has 1 aromatic heterocycles. The molecule has 0 aliphatic rings. The highest BCUT2D eigenvalue weighted by atomic mass is 32.2. The van der Waals surface area contributed by atoms with E-state index < -0.39 is 18.4 Å². The zero-order valence-electron chi connectivity index (χ0n) is 14.6. The van der Waals surface area contributed by atoms with Gasteiger partial charge in [0, 0.05) is 12.1 Å². The van der Waals surface area contributed by atoms with Crippen molar-refractivity contribution in [3.8, 4) is 5.75 Å². The quantitative estimate of drug-likeness (QED) is 0.606. The molecule has 0 radical (unpaired) electrons. The molecule has 27 heavy (non-hydrogen) atoms. The average Bonchev–Trinajstić information content (AvgIpc) is 3.06. The Hall–Kier alpha value is -2.27. The molecule has 0 unspecified atom stereocenters. The minimum atomic E-state index is -2.94. The Morgan fingerprint density at radius 3 is 2.56 bits per heavy atom. The third kappa shape index (κ3) is 7.47. The number of halogens is 2. The molecule has 0 saturated heterocycles. The second-order valence-corrected chi connectivity index (χ2v) is 7.92. The molecule has 0 aliphatic carbocycles. The number of carbonyl (C=O) groups excluding carboxylic acids is 2. The fourth-order valence-electron chi connectivity index (χ4n) is 1.78. The molecule has 0 aliphatic heterocycles. The summed E-state index contributed by atoms with van der Waals surface area (Å²) in [6.45, 7) is 1.98. The highest BCUT2D eigenvalue weighted by Crippen LogP contribution is 2.25. The first kappa shape index (κ1) is 21.0. The Morgan fingerprint density at radius 1 is 1.22 bits per heavy atom. The molecule has 1 aromatic carbocycles. The SMILES string of the molecule is CC(C)CNc1nnc(SCC(=O)NC(=O)c2ccc(OC(F)F)cc2)s1. The number of hydrogen-bond acceptors (Lipinski definition) is 8. The van der Waals surface area contributed by atoms with Crippen LogP contribution in [-0.2, 0) is 4.79 Å². The van der Waals surface area contributed by atoms with Crippen molar-refractivity contribution in [3.05, 3.63) is 29.8 Å². The van der Waals surface area contributed by atoms with Crippen LogP contribution in [0.15, 0.2) is 28.6 Å². The second-order valence-electron chi connectivity index (χ2n) is 5.72. The second kappa shape index (κ2) is 10.2. The number of rotatable bonds is 9. The summed E-state index contributed by atoms with van der Waals surface area (Å²) in [5.74, 6) is -0.721. The first-order chi connectivity index (χ1) is 12.8. The van der Waals surface area contributed by atoms with Crippen LogP contribution in [-0.4, -0.2) is 40.9 Å². The minimum Gasteiger partial charge on any atom is -0.435 e. The number of carbonyl (C=O) groups is 2. The molecule has 0 bridgehead atoms. The van der Waals surface area contributed by atoms with E-state index in [4.69, 9.17) is 0 Å². The molecule has 1 heterocycles. The summed E-state index contributed by atoms with van der Waals surface area (Å²) < 4.78 is 29.0. The van der Waals surface area contributed by atoms with Gasteiger partial charge in [0.15, 0.2) is 4.34 Å². The van der Waals surface area contributed by atoms with E-state index in [9.17, 15) is 18.4 Å². The number of aromatic nitrogens is 2. The van der Waals surface area contributed by atoms with E-state index in [1.54, 1.807) is 0 Å². The summed E-state index contributed by atoms with van der Waals surface area (Å²) >= 11 is 2.50. The number of imide groups is 1. The van der Waals surface area contributed by atoms with Crippen LogP contribution < -0.4 is 15.4 Å². The fraction of sp³-hybridized carbons (Fsp3) is 0.375. The highest BCUT2D eigenvalue weighted by molar-refractivity contribution is 8.01. The summed E-state index contributed by atoms with van der Waals surface area (Å²) in [5, 5.41) is 14.0. The van der Waals surface area contributed by atoms with Crippen LogP contribution in [0.5, 0.6) is 5.75 Å². The Balaban J connectivity index is 1.79. The van der Waals surface area contributed by atoms with Crippen LogP contribution in [0.2, 0.25) is 0 Å². The summed E-state index contributed by atoms with van der Waals surface area (Å²) in [4.78, 5) is 23.9. The first-order valence-electron chi connectivity index (χ1n) is 7.92. The lowest BCUT2D eigenvalue weighted by molar-refractivity contribution is -0.117. The topological polar surface area (TPSA) is 93.2 Å². The standard InChI is InChI=1S/C16H18F2N4O3S2/c1-9(2)7-19-15-21-22-16(27-15)26-8-12(23)20-13(24)10-3-5-11(6-4-10)25-14(17)18/h3-6,9,14H,7-8H2,1-2H3,(H,19,21)(H,20,23,24). The molecule has 2 rings (SSSR count). The molecular weight excluding hydrogens is 398 g/mol. The molecule has 0 atom stereocenters. The van der Waals surface area contributed by atoms with Gasteiger partial charge < -0.3 is 10.1 Å². The van der Waals surface area contributed by atoms with E-state index >= 15 is 0 Å². The van der Waals surface area contributed by atoms with Gasteiger partial charge in [-0.05, 0) is 30.2 Å². The van der Waals surface area contributed by atoms with Crippen LogP contribution in [0.25, 0.3) is 0 Å². The minimum absolute atomic E-state index is 0.00285. The van der Waals surface area contributed by atoms with Gasteiger partial charge in [0.1, 0.15) is 5.75 Å². The van der Waals surface area contributed by atoms with Crippen LogP contribution in [0.4, 0.5) is 13.9 Å². The molecule has 7 nitrogen and oxygen atoms in total. The van der Waals surface area contributed by atoms with Gasteiger partial charge in [0.25, 0.3) is 5.91 Å². The van der Waals surface area contributed by atoms with Crippen LogP contribution in [0, 0.1) is 5.92 Å². The number of thioether (sulfide) groups is 1. The predicted molar refractivity (Wildman–Crippen MR) is 99.5 cm³/mol. The Morgan fingerprint density at radius 2 is 1.93 bits per heavy atom. The summed E-state index contributed by atoms with van der Waals surface area (Å²) in [5.41, 5.74) is 0.158. The van der Waals surface area contributed by atoms with Crippen LogP contribution >= 0.6 is 23.1 Å². The molecule has 11 heteroatoms. The number of alkyl halides is 2. The molecule has 2 aromatic rings. The van der Waals surface area contributed by atoms with Crippen molar-refractivity contribution in [2.45, 2.75) is 24.8 Å². The van der Waals surface area contributed by atoms with Crippen molar-refractivity contribution in [1.82, 2.24) is 15.5 Å². The van der Waals surface area contributed by atoms with Crippen molar-refractivity contribution in [1.29, 1.82) is 0 Å². The monoisotopic (exact) mass is 416 g/mol. The maximum Gasteiger partial charge on any atom is 0.387 e. The van der Waals surface area contributed by atoms with Gasteiger partial charge in [-0.3, -0.25) is 14.9 Å². The lowest BCUT2D eigenvalue weighted by atomic mass is 10.2. The van der Waals surface area contributed by atoms with Gasteiger partial charge in [-0.2, -0.15) is 8.78 Å². The van der Waals surface area contributed by atoms with E-state index in [-0.39, 0.29) is 17.1 Å². The summed E-state index contributed by atoms with van der Waals surface area (Å²) in [6, 6.07) is 5.05. The van der Waals surface area contributed by atoms with Gasteiger partial charge in [-0.15, -0.1) is 10.2 Å². The van der Waals surface area contributed by atoms with Crippen molar-refractivity contribution in [3.63, 3.8) is 0 Å². The molecule has 2 amide bonds. The number of anilines is 1. The lowest BCUT2D eigenvalue weighted by Crippen LogP contribution is -2.31. The van der Waals surface area contributed by atoms with Crippen molar-refractivity contribution in [2.75, 3.05) is 17.6 Å². The van der Waals surface area contributed by atoms with E-state index in [2.05, 4.69) is 39.4 Å². The largest absolute Gasteiger partial charge is 0.435 e. The van der Waals surface area contributed by atoms with Crippen molar-refractivity contribution >= 4 is 40.0 Å². The van der Waals surface area contributed by atoms with Crippen molar-refractivity contribution < 1.29 is 23.1 Å². The van der Waals surface area contributed by atoms with Gasteiger partial charge in [-0.25, -0.2) is 0 Å². The zero-order valence-corrected chi connectivity index (χ0v) is 16.2. The molecule has 0 fully saturated rings. The number of ether oxygens (including phenoxy) is 1. The average molecular weight is 416 g/mol. The highest BCUT2D eigenvalue weighted by Gasteiger charge is 2.13. The number of nitrogens with zero attached hydrogens (tertiary/aromatic N) is 2. The van der Waals surface area contributed by atoms with E-state index in [1.807, 2.05) is 0 Å². The number of nitrogens with one attached hydrogen (secondary N) is 2. The Bertz CT molecular complexity index is 769. The maximum atomic E-state index is 12.1. The lowest BCUT2D eigenvalue weighted by Gasteiger charge is -2.06. The molecule has 2 N–H and O–H groups in total. The van der Waals surface area contributed by atoms with E-state index in [1.165, 1.54) is 47.4 Å². The van der Waals surface area contributed by atoms with Gasteiger partial charge in [0.2, 0.25) is 11.0 Å². The molecule has 146 valence electrons. The molecule has 0 spiro atoms. The molecular formula is C16H18F2N4O3S2.